The summed E-state index contributed by atoms with van der Waals surface area (Å²) in [6.07, 6.45) is 8.09. The molecule has 1 aromatic heterocycles. The zero-order valence-corrected chi connectivity index (χ0v) is 27.5. The number of piperazine rings is 1. The van der Waals surface area contributed by atoms with Gasteiger partial charge < -0.3 is 20.9 Å². The molecule has 42 heavy (non-hydrogen) atoms. The molecule has 7 nitrogen and oxygen atoms in total. The number of pyridine rings is 1. The molecule has 0 aliphatic carbocycles. The first-order valence-corrected chi connectivity index (χ1v) is 16.0. The zero-order chi connectivity index (χ0) is 31.1. The Morgan fingerprint density at radius 3 is 2.38 bits per heavy atom. The van der Waals surface area contributed by atoms with Crippen molar-refractivity contribution in [3.05, 3.63) is 69.3 Å². The van der Waals surface area contributed by atoms with Gasteiger partial charge in [0.15, 0.2) is 11.6 Å². The van der Waals surface area contributed by atoms with Crippen molar-refractivity contribution in [3.63, 3.8) is 0 Å². The van der Waals surface area contributed by atoms with Crippen molar-refractivity contribution >= 4 is 27.7 Å². The van der Waals surface area contributed by atoms with Crippen molar-refractivity contribution < 1.29 is 13.6 Å². The number of carbonyl (C=O) groups is 1. The molecule has 4 rings (SSSR count). The Morgan fingerprint density at radius 1 is 1.12 bits per heavy atom. The SMILES string of the molecule is CC.CCC/C=C(\C)CN(Cc1ccc(F)c(F)c1)C(=O)c1cnc(N2CCN(C3CCNCC3)CC2)c(Br)c1.CN. The average Bonchev–Trinajstić information content (AvgIpc) is 3.03. The Hall–Kier alpha value is -2.40. The number of rotatable bonds is 9. The number of hydrogen-bond acceptors (Lipinski definition) is 6. The topological polar surface area (TPSA) is 77.7 Å². The monoisotopic (exact) mass is 650 g/mol. The van der Waals surface area contributed by atoms with Gasteiger partial charge in [-0.15, -0.1) is 0 Å². The first-order chi connectivity index (χ1) is 20.4. The van der Waals surface area contributed by atoms with Crippen LogP contribution >= 0.6 is 15.9 Å². The van der Waals surface area contributed by atoms with Gasteiger partial charge in [-0.3, -0.25) is 9.69 Å². The van der Waals surface area contributed by atoms with Gasteiger partial charge in [0.2, 0.25) is 0 Å². The first-order valence-electron chi connectivity index (χ1n) is 15.2. The number of carbonyl (C=O) groups excluding carboxylic acids is 1. The fourth-order valence-corrected chi connectivity index (χ4v) is 5.85. The Morgan fingerprint density at radius 2 is 1.79 bits per heavy atom. The van der Waals surface area contributed by atoms with E-state index in [1.807, 2.05) is 26.8 Å². The van der Waals surface area contributed by atoms with Gasteiger partial charge in [0.25, 0.3) is 5.91 Å². The molecular weight excluding hydrogens is 602 g/mol. The van der Waals surface area contributed by atoms with Gasteiger partial charge in [-0.1, -0.05) is 44.9 Å². The summed E-state index contributed by atoms with van der Waals surface area (Å²) in [7, 11) is 1.50. The third-order valence-electron chi connectivity index (χ3n) is 7.37. The van der Waals surface area contributed by atoms with E-state index in [0.29, 0.717) is 23.7 Å². The number of anilines is 1. The van der Waals surface area contributed by atoms with Crippen LogP contribution in [0.15, 0.2) is 46.6 Å². The molecule has 2 aliphatic heterocycles. The van der Waals surface area contributed by atoms with Crippen LogP contribution < -0.4 is 16.0 Å². The molecule has 0 saturated carbocycles. The van der Waals surface area contributed by atoms with Gasteiger partial charge >= 0.3 is 0 Å². The van der Waals surface area contributed by atoms with Gasteiger partial charge in [0, 0.05) is 51.5 Å². The summed E-state index contributed by atoms with van der Waals surface area (Å²) in [4.78, 5) is 24.8. The number of benzene rings is 1. The highest BCUT2D eigenvalue weighted by Gasteiger charge is 2.27. The van der Waals surface area contributed by atoms with E-state index < -0.39 is 11.6 Å². The number of nitrogens with one attached hydrogen (secondary N) is 1. The number of allylic oxidation sites excluding steroid dienone is 1. The van der Waals surface area contributed by atoms with E-state index in [-0.39, 0.29) is 12.5 Å². The molecule has 3 N–H and O–H groups in total. The molecule has 0 bridgehead atoms. The number of nitrogens with two attached hydrogens (primary N) is 1. The molecule has 1 aromatic carbocycles. The van der Waals surface area contributed by atoms with E-state index in [2.05, 4.69) is 54.8 Å². The molecule has 0 spiro atoms. The molecule has 234 valence electrons. The number of hydrogen-bond donors (Lipinski definition) is 2. The lowest BCUT2D eigenvalue weighted by molar-refractivity contribution is 0.0757. The molecule has 3 heterocycles. The third-order valence-corrected chi connectivity index (χ3v) is 7.96. The Balaban J connectivity index is 0.00000148. The predicted octanol–water partition coefficient (Wildman–Crippen LogP) is 5.99. The molecule has 2 aromatic rings. The maximum Gasteiger partial charge on any atom is 0.256 e. The lowest BCUT2D eigenvalue weighted by atomic mass is 10.0. The summed E-state index contributed by atoms with van der Waals surface area (Å²) in [6.45, 7) is 14.6. The second kappa shape index (κ2) is 19.0. The van der Waals surface area contributed by atoms with Crippen molar-refractivity contribution in [2.45, 2.75) is 66.0 Å². The smallest absolute Gasteiger partial charge is 0.256 e. The lowest BCUT2D eigenvalue weighted by Crippen LogP contribution is -2.53. The first kappa shape index (κ1) is 35.8. The second-order valence-electron chi connectivity index (χ2n) is 10.3. The van der Waals surface area contributed by atoms with Crippen LogP contribution in [0.2, 0.25) is 0 Å². The number of aromatic nitrogens is 1. The highest BCUT2D eigenvalue weighted by molar-refractivity contribution is 9.10. The Kier molecular flexibility index (Phi) is 16.2. The maximum absolute atomic E-state index is 13.9. The number of nitrogens with zero attached hydrogens (tertiary/aromatic N) is 4. The van der Waals surface area contributed by atoms with Crippen molar-refractivity contribution in [3.8, 4) is 0 Å². The number of piperidine rings is 1. The van der Waals surface area contributed by atoms with E-state index >= 15 is 0 Å². The van der Waals surface area contributed by atoms with E-state index in [0.717, 1.165) is 80.1 Å². The minimum Gasteiger partial charge on any atom is -0.353 e. The van der Waals surface area contributed by atoms with Crippen LogP contribution in [-0.2, 0) is 6.54 Å². The molecular formula is C32H49BrF2N6O. The van der Waals surface area contributed by atoms with Crippen molar-refractivity contribution in [1.82, 2.24) is 20.1 Å². The Labute approximate surface area is 259 Å². The lowest BCUT2D eigenvalue weighted by Gasteiger charge is -2.41. The van der Waals surface area contributed by atoms with E-state index in [9.17, 15) is 13.6 Å². The van der Waals surface area contributed by atoms with Crippen LogP contribution in [0.3, 0.4) is 0 Å². The van der Waals surface area contributed by atoms with Gasteiger partial charge in [0.05, 0.1) is 10.0 Å². The van der Waals surface area contributed by atoms with Gasteiger partial charge in [0.1, 0.15) is 5.82 Å². The molecule has 10 heteroatoms. The molecule has 1 amide bonds. The molecule has 0 radical (unpaired) electrons. The van der Waals surface area contributed by atoms with Crippen molar-refractivity contribution in [2.24, 2.45) is 5.73 Å². The summed E-state index contributed by atoms with van der Waals surface area (Å²) in [5, 5.41) is 3.44. The highest BCUT2D eigenvalue weighted by atomic mass is 79.9. The quantitative estimate of drug-likeness (QED) is 0.325. The fourth-order valence-electron chi connectivity index (χ4n) is 5.25. The minimum absolute atomic E-state index is 0.172. The summed E-state index contributed by atoms with van der Waals surface area (Å²) >= 11 is 3.66. The molecule has 0 unspecified atom stereocenters. The third kappa shape index (κ3) is 10.4. The Bertz CT molecular complexity index is 1130. The number of amides is 1. The highest BCUT2D eigenvalue weighted by Crippen LogP contribution is 2.27. The zero-order valence-electron chi connectivity index (χ0n) is 25.9. The van der Waals surface area contributed by atoms with Crippen molar-refractivity contribution in [2.75, 3.05) is 57.8 Å². The minimum atomic E-state index is -0.915. The van der Waals surface area contributed by atoms with Crippen LogP contribution in [-0.4, -0.2) is 79.6 Å². The van der Waals surface area contributed by atoms with E-state index in [1.165, 1.54) is 26.0 Å². The molecule has 2 aliphatic rings. The van der Waals surface area contributed by atoms with Crippen LogP contribution in [0.25, 0.3) is 0 Å². The number of unbranched alkanes of at least 4 members (excludes halogenated alkanes) is 1. The van der Waals surface area contributed by atoms with Crippen LogP contribution in [0.5, 0.6) is 0 Å². The summed E-state index contributed by atoms with van der Waals surface area (Å²) in [5.74, 6) is -1.17. The maximum atomic E-state index is 13.9. The summed E-state index contributed by atoms with van der Waals surface area (Å²) in [5.41, 5.74) is 6.55. The van der Waals surface area contributed by atoms with E-state index in [1.54, 1.807) is 11.1 Å². The second-order valence-corrected chi connectivity index (χ2v) is 11.1. The fraction of sp³-hybridized carbons (Fsp3) is 0.562. The molecule has 2 saturated heterocycles. The largest absolute Gasteiger partial charge is 0.353 e. The van der Waals surface area contributed by atoms with Gasteiger partial charge in [-0.05, 0) is 86.0 Å². The summed E-state index contributed by atoms with van der Waals surface area (Å²) in [6, 6.07) is 6.26. The molecule has 0 atom stereocenters. The predicted molar refractivity (Wildman–Crippen MR) is 173 cm³/mol. The standard InChI is InChI=1S/C29H38BrF2N5O.C2H6.CH5N/c1-3-4-5-21(2)19-37(20-22-6-7-26(31)27(32)16-22)29(38)23-17-25(30)28(34-18-23)36-14-12-35(13-15-36)24-8-10-33-11-9-24;2*1-2/h5-7,16-18,24,33H,3-4,8-15,19-20H2,1-2H3;1-2H3;2H2,1H3/b21-5+;;. The van der Waals surface area contributed by atoms with Crippen LogP contribution in [0, 0.1) is 11.6 Å². The normalized spacial score (nSPS) is 16.2. The number of halogens is 3. The van der Waals surface area contributed by atoms with Crippen LogP contribution in [0.1, 0.15) is 69.3 Å². The van der Waals surface area contributed by atoms with Crippen LogP contribution in [0.4, 0.5) is 14.6 Å². The van der Waals surface area contributed by atoms with E-state index in [4.69, 9.17) is 0 Å². The molecule has 2 fully saturated rings. The van der Waals surface area contributed by atoms with Gasteiger partial charge in [-0.25, -0.2) is 13.8 Å². The van der Waals surface area contributed by atoms with Gasteiger partial charge in [-0.2, -0.15) is 0 Å². The van der Waals surface area contributed by atoms with Crippen molar-refractivity contribution in [1.29, 1.82) is 0 Å². The summed E-state index contributed by atoms with van der Waals surface area (Å²) < 4.78 is 28.1. The average molecular weight is 652 g/mol.